The second-order valence-corrected chi connectivity index (χ2v) is 3.68. The summed E-state index contributed by atoms with van der Waals surface area (Å²) < 4.78 is 11.6. The van der Waals surface area contributed by atoms with E-state index in [2.05, 4.69) is 20.8 Å². The summed E-state index contributed by atoms with van der Waals surface area (Å²) in [5.74, 6) is 0.961. The SMILES string of the molecule is COc1cc(OC)cc(C(=O)Nc2nnnn2C)c1. The molecule has 0 saturated heterocycles. The van der Waals surface area contributed by atoms with Crippen molar-refractivity contribution in [2.75, 3.05) is 19.5 Å². The molecule has 1 heterocycles. The summed E-state index contributed by atoms with van der Waals surface area (Å²) in [6, 6.07) is 4.88. The minimum absolute atomic E-state index is 0.256. The van der Waals surface area contributed by atoms with Gasteiger partial charge in [-0.2, -0.15) is 0 Å². The predicted molar refractivity (Wildman–Crippen MR) is 66.3 cm³/mol. The number of nitrogens with one attached hydrogen (secondary N) is 1. The number of anilines is 1. The van der Waals surface area contributed by atoms with Crippen molar-refractivity contribution in [1.82, 2.24) is 20.2 Å². The number of aromatic nitrogens is 4. The summed E-state index contributed by atoms with van der Waals surface area (Å²) in [6.45, 7) is 0. The summed E-state index contributed by atoms with van der Waals surface area (Å²) in [4.78, 5) is 12.1. The molecular formula is C11H13N5O3. The lowest BCUT2D eigenvalue weighted by Gasteiger charge is -2.08. The van der Waals surface area contributed by atoms with Gasteiger partial charge >= 0.3 is 0 Å². The number of benzene rings is 1. The summed E-state index contributed by atoms with van der Waals surface area (Å²) in [5.41, 5.74) is 0.388. The van der Waals surface area contributed by atoms with E-state index in [1.54, 1.807) is 25.2 Å². The van der Waals surface area contributed by atoms with Crippen LogP contribution in [-0.4, -0.2) is 40.3 Å². The van der Waals surface area contributed by atoms with Crippen LogP contribution in [0.2, 0.25) is 0 Å². The molecule has 0 radical (unpaired) electrons. The molecule has 0 unspecified atom stereocenters. The molecule has 1 aromatic heterocycles. The van der Waals surface area contributed by atoms with E-state index < -0.39 is 0 Å². The molecule has 0 aliphatic rings. The average Bonchev–Trinajstić information content (AvgIpc) is 2.83. The zero-order chi connectivity index (χ0) is 13.8. The molecule has 1 aromatic carbocycles. The first-order chi connectivity index (χ1) is 9.13. The maximum atomic E-state index is 12.1. The number of amides is 1. The second-order valence-electron chi connectivity index (χ2n) is 3.68. The largest absolute Gasteiger partial charge is 0.497 e. The monoisotopic (exact) mass is 263 g/mol. The van der Waals surface area contributed by atoms with Crippen molar-refractivity contribution in [1.29, 1.82) is 0 Å². The highest BCUT2D eigenvalue weighted by atomic mass is 16.5. The van der Waals surface area contributed by atoms with Crippen molar-refractivity contribution in [2.45, 2.75) is 0 Å². The molecule has 0 aliphatic heterocycles. The number of carbonyl (C=O) groups is 1. The van der Waals surface area contributed by atoms with E-state index >= 15 is 0 Å². The second kappa shape index (κ2) is 5.34. The van der Waals surface area contributed by atoms with Crippen LogP contribution in [0.3, 0.4) is 0 Å². The van der Waals surface area contributed by atoms with Gasteiger partial charge in [0.2, 0.25) is 5.95 Å². The van der Waals surface area contributed by atoms with Crippen LogP contribution in [-0.2, 0) is 7.05 Å². The molecule has 1 N–H and O–H groups in total. The normalized spacial score (nSPS) is 10.1. The Balaban J connectivity index is 2.25. The zero-order valence-corrected chi connectivity index (χ0v) is 10.7. The van der Waals surface area contributed by atoms with Gasteiger partial charge in [0.1, 0.15) is 11.5 Å². The van der Waals surface area contributed by atoms with Crippen LogP contribution in [0.15, 0.2) is 18.2 Å². The Morgan fingerprint density at radius 1 is 1.21 bits per heavy atom. The number of rotatable bonds is 4. The van der Waals surface area contributed by atoms with Gasteiger partial charge in [0.05, 0.1) is 14.2 Å². The summed E-state index contributed by atoms with van der Waals surface area (Å²) in [6.07, 6.45) is 0. The number of hydrogen-bond donors (Lipinski definition) is 1. The number of tetrazole rings is 1. The number of aryl methyl sites for hydroxylation is 1. The van der Waals surface area contributed by atoms with Crippen molar-refractivity contribution >= 4 is 11.9 Å². The molecule has 0 spiro atoms. The third-order valence-corrected chi connectivity index (χ3v) is 2.46. The van der Waals surface area contributed by atoms with Gasteiger partial charge in [-0.05, 0) is 22.6 Å². The van der Waals surface area contributed by atoms with Crippen molar-refractivity contribution in [3.8, 4) is 11.5 Å². The molecule has 0 aliphatic carbocycles. The minimum atomic E-state index is -0.352. The Morgan fingerprint density at radius 3 is 2.32 bits per heavy atom. The molecule has 0 saturated carbocycles. The number of carbonyl (C=O) groups excluding carboxylic acids is 1. The highest BCUT2D eigenvalue weighted by Crippen LogP contribution is 2.22. The van der Waals surface area contributed by atoms with Gasteiger partial charge < -0.3 is 9.47 Å². The molecule has 8 heteroatoms. The third-order valence-electron chi connectivity index (χ3n) is 2.46. The lowest BCUT2D eigenvalue weighted by molar-refractivity contribution is 0.102. The van der Waals surface area contributed by atoms with Crippen LogP contribution in [0, 0.1) is 0 Å². The van der Waals surface area contributed by atoms with Crippen LogP contribution in [0.1, 0.15) is 10.4 Å². The number of methoxy groups -OCH3 is 2. The molecule has 0 bridgehead atoms. The first-order valence-corrected chi connectivity index (χ1v) is 5.41. The average molecular weight is 263 g/mol. The fourth-order valence-electron chi connectivity index (χ4n) is 1.45. The highest BCUT2D eigenvalue weighted by molar-refractivity contribution is 6.03. The maximum Gasteiger partial charge on any atom is 0.258 e. The molecule has 100 valence electrons. The summed E-state index contributed by atoms with van der Waals surface area (Å²) in [5, 5.41) is 13.3. The Morgan fingerprint density at radius 2 is 1.84 bits per heavy atom. The van der Waals surface area contributed by atoms with E-state index in [0.29, 0.717) is 17.1 Å². The van der Waals surface area contributed by atoms with Gasteiger partial charge in [0, 0.05) is 18.7 Å². The zero-order valence-electron chi connectivity index (χ0n) is 10.7. The van der Waals surface area contributed by atoms with Crippen LogP contribution < -0.4 is 14.8 Å². The van der Waals surface area contributed by atoms with Crippen LogP contribution in [0.4, 0.5) is 5.95 Å². The molecule has 0 fully saturated rings. The van der Waals surface area contributed by atoms with Gasteiger partial charge in [-0.25, -0.2) is 4.68 Å². The molecule has 2 aromatic rings. The van der Waals surface area contributed by atoms with Crippen LogP contribution >= 0.6 is 0 Å². The topological polar surface area (TPSA) is 91.2 Å². The van der Waals surface area contributed by atoms with E-state index in [-0.39, 0.29) is 11.9 Å². The minimum Gasteiger partial charge on any atom is -0.497 e. The fourth-order valence-corrected chi connectivity index (χ4v) is 1.45. The maximum absolute atomic E-state index is 12.1. The van der Waals surface area contributed by atoms with E-state index in [4.69, 9.17) is 9.47 Å². The fraction of sp³-hybridized carbons (Fsp3) is 0.273. The third kappa shape index (κ3) is 2.79. The van der Waals surface area contributed by atoms with Gasteiger partial charge in [0.15, 0.2) is 0 Å². The van der Waals surface area contributed by atoms with E-state index in [0.717, 1.165) is 0 Å². The molecule has 19 heavy (non-hydrogen) atoms. The van der Waals surface area contributed by atoms with Gasteiger partial charge in [-0.1, -0.05) is 5.10 Å². The van der Waals surface area contributed by atoms with Crippen LogP contribution in [0.25, 0.3) is 0 Å². The molecule has 1 amide bonds. The van der Waals surface area contributed by atoms with E-state index in [1.165, 1.54) is 18.9 Å². The van der Waals surface area contributed by atoms with Gasteiger partial charge in [-0.15, -0.1) is 0 Å². The molecule has 2 rings (SSSR count). The molecule has 8 nitrogen and oxygen atoms in total. The van der Waals surface area contributed by atoms with Crippen LogP contribution in [0.5, 0.6) is 11.5 Å². The highest BCUT2D eigenvalue weighted by Gasteiger charge is 2.12. The Labute approximate surface area is 109 Å². The Bertz CT molecular complexity index is 574. The molecular weight excluding hydrogens is 250 g/mol. The Kier molecular flexibility index (Phi) is 3.60. The summed E-state index contributed by atoms with van der Waals surface area (Å²) in [7, 11) is 4.66. The van der Waals surface area contributed by atoms with E-state index in [9.17, 15) is 4.79 Å². The van der Waals surface area contributed by atoms with Crippen molar-refractivity contribution < 1.29 is 14.3 Å². The lowest BCUT2D eigenvalue weighted by atomic mass is 10.2. The number of hydrogen-bond acceptors (Lipinski definition) is 6. The predicted octanol–water partition coefficient (Wildman–Crippen LogP) is 0.480. The quantitative estimate of drug-likeness (QED) is 0.862. The smallest absolute Gasteiger partial charge is 0.258 e. The van der Waals surface area contributed by atoms with Crippen molar-refractivity contribution in [2.24, 2.45) is 7.05 Å². The lowest BCUT2D eigenvalue weighted by Crippen LogP contribution is -2.15. The standard InChI is InChI=1S/C11H13N5O3/c1-16-11(13-14-15-16)12-10(17)7-4-8(18-2)6-9(5-7)19-3/h4-6H,1-3H3,(H,12,13,15,17). The summed E-state index contributed by atoms with van der Waals surface area (Å²) >= 11 is 0. The van der Waals surface area contributed by atoms with Gasteiger partial charge in [0.25, 0.3) is 5.91 Å². The first kappa shape index (κ1) is 12.8. The van der Waals surface area contributed by atoms with Crippen molar-refractivity contribution in [3.63, 3.8) is 0 Å². The van der Waals surface area contributed by atoms with Gasteiger partial charge in [-0.3, -0.25) is 10.1 Å². The molecule has 0 atom stereocenters. The number of ether oxygens (including phenoxy) is 2. The van der Waals surface area contributed by atoms with Crippen molar-refractivity contribution in [3.05, 3.63) is 23.8 Å². The number of nitrogens with zero attached hydrogens (tertiary/aromatic N) is 4. The Hall–Kier alpha value is -2.64. The van der Waals surface area contributed by atoms with E-state index in [1.807, 2.05) is 0 Å². The first-order valence-electron chi connectivity index (χ1n) is 5.41.